The Kier molecular flexibility index (Phi) is 5.83. The van der Waals surface area contributed by atoms with Gasteiger partial charge in [0.2, 0.25) is 0 Å². The highest BCUT2D eigenvalue weighted by atomic mass is 32.1. The molecule has 0 spiro atoms. The number of benzene rings is 1. The number of methoxy groups -OCH3 is 2. The summed E-state index contributed by atoms with van der Waals surface area (Å²) >= 11 is 1.18. The molecule has 0 saturated carbocycles. The minimum absolute atomic E-state index is 0.0614. The lowest BCUT2D eigenvalue weighted by molar-refractivity contribution is -0.184. The standard InChI is InChI=1S/C19H21F3N2O3S/c1-11-16(18(25)24-8-4-5-13(10-24)19(20,21)22)28-17(23-11)12-6-7-14(26-2)15(9-12)27-3/h6-7,9,13H,4-5,8,10H2,1-3H3. The average Bonchev–Trinajstić information content (AvgIpc) is 3.07. The molecule has 1 unspecified atom stereocenters. The average molecular weight is 414 g/mol. The Hall–Kier alpha value is -2.29. The van der Waals surface area contributed by atoms with E-state index >= 15 is 0 Å². The van der Waals surface area contributed by atoms with Crippen molar-refractivity contribution in [3.63, 3.8) is 0 Å². The molecule has 3 rings (SSSR count). The van der Waals surface area contributed by atoms with Crippen LogP contribution < -0.4 is 9.47 Å². The number of aromatic nitrogens is 1. The fraction of sp³-hybridized carbons (Fsp3) is 0.474. The second kappa shape index (κ2) is 7.98. The normalized spacial score (nSPS) is 17.5. The van der Waals surface area contributed by atoms with Gasteiger partial charge in [0.25, 0.3) is 5.91 Å². The van der Waals surface area contributed by atoms with Gasteiger partial charge in [-0.2, -0.15) is 13.2 Å². The summed E-state index contributed by atoms with van der Waals surface area (Å²) in [5.41, 5.74) is 1.26. The number of thiazole rings is 1. The van der Waals surface area contributed by atoms with Crippen LogP contribution in [0.25, 0.3) is 10.6 Å². The van der Waals surface area contributed by atoms with Gasteiger partial charge in [-0.15, -0.1) is 11.3 Å². The van der Waals surface area contributed by atoms with Gasteiger partial charge in [-0.1, -0.05) is 0 Å². The van der Waals surface area contributed by atoms with Crippen molar-refractivity contribution in [3.05, 3.63) is 28.8 Å². The van der Waals surface area contributed by atoms with Crippen LogP contribution in [0.15, 0.2) is 18.2 Å². The van der Waals surface area contributed by atoms with Crippen molar-refractivity contribution in [1.29, 1.82) is 0 Å². The van der Waals surface area contributed by atoms with Gasteiger partial charge in [0.1, 0.15) is 9.88 Å². The summed E-state index contributed by atoms with van der Waals surface area (Å²) in [5.74, 6) is -0.758. The molecule has 1 aliphatic rings. The van der Waals surface area contributed by atoms with Crippen LogP contribution in [0.3, 0.4) is 0 Å². The van der Waals surface area contributed by atoms with Gasteiger partial charge >= 0.3 is 6.18 Å². The Bertz CT molecular complexity index is 867. The fourth-order valence-corrected chi connectivity index (χ4v) is 4.29. The summed E-state index contributed by atoms with van der Waals surface area (Å²) in [6, 6.07) is 5.30. The van der Waals surface area contributed by atoms with Crippen LogP contribution in [0.5, 0.6) is 11.5 Å². The van der Waals surface area contributed by atoms with Gasteiger partial charge in [0.15, 0.2) is 11.5 Å². The summed E-state index contributed by atoms with van der Waals surface area (Å²) in [4.78, 5) is 19.0. The van der Waals surface area contributed by atoms with Crippen LogP contribution in [0.4, 0.5) is 13.2 Å². The molecule has 1 saturated heterocycles. The van der Waals surface area contributed by atoms with E-state index in [4.69, 9.17) is 9.47 Å². The van der Waals surface area contributed by atoms with Crippen molar-refractivity contribution in [2.75, 3.05) is 27.3 Å². The Balaban J connectivity index is 1.85. The summed E-state index contributed by atoms with van der Waals surface area (Å²) < 4.78 is 49.7. The van der Waals surface area contributed by atoms with Crippen molar-refractivity contribution in [3.8, 4) is 22.1 Å². The number of halogens is 3. The predicted molar refractivity (Wildman–Crippen MR) is 100 cm³/mol. The third-order valence-electron chi connectivity index (χ3n) is 4.79. The van der Waals surface area contributed by atoms with E-state index in [9.17, 15) is 18.0 Å². The number of carbonyl (C=O) groups is 1. The highest BCUT2D eigenvalue weighted by Crippen LogP contribution is 2.37. The van der Waals surface area contributed by atoms with E-state index in [1.54, 1.807) is 25.1 Å². The lowest BCUT2D eigenvalue weighted by atomic mass is 9.97. The molecule has 1 aromatic heterocycles. The van der Waals surface area contributed by atoms with Crippen LogP contribution in [-0.4, -0.2) is 49.3 Å². The molecule has 1 atom stereocenters. The number of alkyl halides is 3. The Morgan fingerprint density at radius 1 is 1.25 bits per heavy atom. The number of hydrogen-bond acceptors (Lipinski definition) is 5. The maximum Gasteiger partial charge on any atom is 0.393 e. The lowest BCUT2D eigenvalue weighted by Crippen LogP contribution is -2.44. The van der Waals surface area contributed by atoms with Crippen molar-refractivity contribution in [2.45, 2.75) is 25.9 Å². The number of aryl methyl sites for hydroxylation is 1. The molecule has 1 aromatic carbocycles. The molecule has 2 aromatic rings. The molecular weight excluding hydrogens is 393 g/mol. The second-order valence-electron chi connectivity index (χ2n) is 6.64. The molecule has 1 fully saturated rings. The second-order valence-corrected chi connectivity index (χ2v) is 7.63. The van der Waals surface area contributed by atoms with Crippen LogP contribution in [-0.2, 0) is 0 Å². The smallest absolute Gasteiger partial charge is 0.393 e. The van der Waals surface area contributed by atoms with E-state index in [0.29, 0.717) is 40.0 Å². The van der Waals surface area contributed by atoms with E-state index in [1.807, 2.05) is 0 Å². The zero-order chi connectivity index (χ0) is 20.5. The zero-order valence-electron chi connectivity index (χ0n) is 15.8. The van der Waals surface area contributed by atoms with Crippen LogP contribution >= 0.6 is 11.3 Å². The van der Waals surface area contributed by atoms with Gasteiger partial charge in [0.05, 0.1) is 25.8 Å². The number of ether oxygens (including phenoxy) is 2. The van der Waals surface area contributed by atoms with Crippen molar-refractivity contribution >= 4 is 17.2 Å². The summed E-state index contributed by atoms with van der Waals surface area (Å²) in [6.45, 7) is 1.72. The van der Waals surface area contributed by atoms with Crippen LogP contribution in [0.1, 0.15) is 28.2 Å². The van der Waals surface area contributed by atoms with Gasteiger partial charge in [0, 0.05) is 18.7 Å². The van der Waals surface area contributed by atoms with Crippen molar-refractivity contribution < 1.29 is 27.4 Å². The first kappa shape index (κ1) is 20.4. The third kappa shape index (κ3) is 4.09. The largest absolute Gasteiger partial charge is 0.493 e. The number of carbonyl (C=O) groups excluding carboxylic acids is 1. The molecule has 0 radical (unpaired) electrons. The predicted octanol–water partition coefficient (Wildman–Crippen LogP) is 4.55. The fourth-order valence-electron chi connectivity index (χ4n) is 3.26. The lowest BCUT2D eigenvalue weighted by Gasteiger charge is -2.33. The molecule has 28 heavy (non-hydrogen) atoms. The minimum Gasteiger partial charge on any atom is -0.493 e. The number of amides is 1. The maximum absolute atomic E-state index is 13.0. The highest BCUT2D eigenvalue weighted by Gasteiger charge is 2.43. The van der Waals surface area contributed by atoms with E-state index in [-0.39, 0.29) is 13.0 Å². The van der Waals surface area contributed by atoms with Gasteiger partial charge in [-0.05, 0) is 38.0 Å². The van der Waals surface area contributed by atoms with Crippen molar-refractivity contribution in [2.24, 2.45) is 5.92 Å². The molecule has 152 valence electrons. The van der Waals surface area contributed by atoms with E-state index in [2.05, 4.69) is 4.98 Å². The number of piperidine rings is 1. The molecule has 0 bridgehead atoms. The quantitative estimate of drug-likeness (QED) is 0.737. The highest BCUT2D eigenvalue weighted by molar-refractivity contribution is 7.17. The summed E-state index contributed by atoms with van der Waals surface area (Å²) in [6.07, 6.45) is -3.88. The Morgan fingerprint density at radius 2 is 1.96 bits per heavy atom. The van der Waals surface area contributed by atoms with Crippen LogP contribution in [0, 0.1) is 12.8 Å². The maximum atomic E-state index is 13.0. The van der Waals surface area contributed by atoms with Gasteiger partial charge in [-0.25, -0.2) is 4.98 Å². The van der Waals surface area contributed by atoms with Gasteiger partial charge in [-0.3, -0.25) is 4.79 Å². The molecule has 0 aliphatic carbocycles. The number of rotatable bonds is 4. The van der Waals surface area contributed by atoms with E-state index < -0.39 is 18.0 Å². The first-order valence-electron chi connectivity index (χ1n) is 8.80. The molecule has 0 N–H and O–H groups in total. The molecule has 2 heterocycles. The molecule has 9 heteroatoms. The summed E-state index contributed by atoms with van der Waals surface area (Å²) in [5, 5.41) is 0.603. The SMILES string of the molecule is COc1ccc(-c2nc(C)c(C(=O)N3CCCC(C(F)(F)F)C3)s2)cc1OC. The minimum atomic E-state index is -4.29. The number of hydrogen-bond donors (Lipinski definition) is 0. The zero-order valence-corrected chi connectivity index (χ0v) is 16.6. The monoisotopic (exact) mass is 414 g/mol. The molecule has 1 aliphatic heterocycles. The van der Waals surface area contributed by atoms with Crippen molar-refractivity contribution in [1.82, 2.24) is 9.88 Å². The van der Waals surface area contributed by atoms with Crippen LogP contribution in [0.2, 0.25) is 0 Å². The van der Waals surface area contributed by atoms with Gasteiger partial charge < -0.3 is 14.4 Å². The molecule has 5 nitrogen and oxygen atoms in total. The Labute approximate surface area is 165 Å². The summed E-state index contributed by atoms with van der Waals surface area (Å²) in [7, 11) is 3.06. The molecule has 1 amide bonds. The third-order valence-corrected chi connectivity index (χ3v) is 5.99. The Morgan fingerprint density at radius 3 is 2.61 bits per heavy atom. The number of likely N-dealkylation sites (tertiary alicyclic amines) is 1. The first-order chi connectivity index (χ1) is 13.2. The molecular formula is C19H21F3N2O3S. The van der Waals surface area contributed by atoms with E-state index in [1.165, 1.54) is 30.5 Å². The van der Waals surface area contributed by atoms with E-state index in [0.717, 1.165) is 5.56 Å². The first-order valence-corrected chi connectivity index (χ1v) is 9.62. The topological polar surface area (TPSA) is 51.7 Å². The number of nitrogens with zero attached hydrogens (tertiary/aromatic N) is 2.